The first-order valence-electron chi connectivity index (χ1n) is 6.93. The van der Waals surface area contributed by atoms with Crippen LogP contribution >= 0.6 is 11.3 Å². The zero-order valence-corrected chi connectivity index (χ0v) is 12.6. The molecular formula is C17H15NO2S. The summed E-state index contributed by atoms with van der Waals surface area (Å²) in [4.78, 5) is 14.7. The van der Waals surface area contributed by atoms with Crippen LogP contribution in [0, 0.1) is 11.3 Å². The van der Waals surface area contributed by atoms with Gasteiger partial charge in [0.15, 0.2) is 5.78 Å². The normalized spacial score (nSPS) is 14.3. The first kappa shape index (κ1) is 13.8. The summed E-state index contributed by atoms with van der Waals surface area (Å²) in [6.45, 7) is 0. The van der Waals surface area contributed by atoms with Crippen LogP contribution in [0.5, 0.6) is 5.75 Å². The van der Waals surface area contributed by atoms with Gasteiger partial charge < -0.3 is 4.74 Å². The van der Waals surface area contributed by atoms with E-state index in [2.05, 4.69) is 6.07 Å². The number of fused-ring (bicyclic) bond motifs is 1. The Morgan fingerprint density at radius 1 is 1.38 bits per heavy atom. The molecule has 1 aromatic carbocycles. The van der Waals surface area contributed by atoms with Crippen molar-refractivity contribution in [1.29, 1.82) is 5.26 Å². The first-order valence-corrected chi connectivity index (χ1v) is 7.74. The molecule has 0 amide bonds. The Morgan fingerprint density at radius 2 is 2.19 bits per heavy atom. The number of nitrogens with zero attached hydrogens (tertiary/aromatic N) is 1. The largest absolute Gasteiger partial charge is 0.496 e. The van der Waals surface area contributed by atoms with Crippen LogP contribution in [-0.4, -0.2) is 12.9 Å². The highest BCUT2D eigenvalue weighted by Gasteiger charge is 2.27. The second-order valence-corrected chi connectivity index (χ2v) is 6.22. The molecule has 0 saturated carbocycles. The number of benzene rings is 1. The second kappa shape index (κ2) is 5.71. The quantitative estimate of drug-likeness (QED) is 0.808. The maximum Gasteiger partial charge on any atom is 0.194 e. The number of hydrogen-bond acceptors (Lipinski definition) is 4. The lowest BCUT2D eigenvalue weighted by Gasteiger charge is -2.11. The van der Waals surface area contributed by atoms with Crippen molar-refractivity contribution in [3.8, 4) is 11.8 Å². The molecule has 1 heterocycles. The molecule has 0 spiro atoms. The summed E-state index contributed by atoms with van der Waals surface area (Å²) < 4.78 is 5.28. The molecule has 4 heteroatoms. The minimum absolute atomic E-state index is 0.124. The van der Waals surface area contributed by atoms with Crippen molar-refractivity contribution in [2.24, 2.45) is 0 Å². The number of aryl methyl sites for hydroxylation is 2. The Labute approximate surface area is 127 Å². The van der Waals surface area contributed by atoms with Crippen molar-refractivity contribution in [1.82, 2.24) is 0 Å². The summed E-state index contributed by atoms with van der Waals surface area (Å²) in [7, 11) is 1.55. The molecule has 1 aliphatic rings. The van der Waals surface area contributed by atoms with Crippen molar-refractivity contribution >= 4 is 17.1 Å². The molecule has 1 atom stereocenters. The number of carbonyl (C=O) groups is 1. The molecule has 0 fully saturated rings. The van der Waals surface area contributed by atoms with Gasteiger partial charge in [-0.2, -0.15) is 5.26 Å². The highest BCUT2D eigenvalue weighted by Crippen LogP contribution is 2.35. The van der Waals surface area contributed by atoms with Crippen LogP contribution in [0.4, 0.5) is 0 Å². The third kappa shape index (κ3) is 2.45. The molecule has 3 rings (SSSR count). The first-order chi connectivity index (χ1) is 10.2. The van der Waals surface area contributed by atoms with Crippen LogP contribution in [0.25, 0.3) is 0 Å². The maximum absolute atomic E-state index is 12.7. The smallest absolute Gasteiger partial charge is 0.194 e. The summed E-state index contributed by atoms with van der Waals surface area (Å²) in [6.07, 6.45) is 3.27. The SMILES string of the molecule is COc1ccccc1C(C#N)C(=O)c1cc2c(s1)CCC2. The molecule has 0 bridgehead atoms. The Kier molecular flexibility index (Phi) is 3.76. The number of ketones is 1. The number of rotatable bonds is 4. The lowest BCUT2D eigenvalue weighted by molar-refractivity contribution is 0.0981. The second-order valence-electron chi connectivity index (χ2n) is 5.08. The molecule has 1 aromatic heterocycles. The molecule has 21 heavy (non-hydrogen) atoms. The Bertz CT molecular complexity index is 705. The predicted molar refractivity (Wildman–Crippen MR) is 82.0 cm³/mol. The van der Waals surface area contributed by atoms with Crippen molar-refractivity contribution in [2.45, 2.75) is 25.2 Å². The van der Waals surface area contributed by atoms with E-state index in [1.54, 1.807) is 30.6 Å². The number of ether oxygens (including phenoxy) is 1. The van der Waals surface area contributed by atoms with E-state index in [4.69, 9.17) is 4.74 Å². The molecule has 1 aliphatic carbocycles. The van der Waals surface area contributed by atoms with Gasteiger partial charge in [-0.25, -0.2) is 0 Å². The van der Waals surface area contributed by atoms with Crippen LogP contribution in [-0.2, 0) is 12.8 Å². The number of Topliss-reactive ketones (excluding diaryl/α,β-unsaturated/α-hetero) is 1. The van der Waals surface area contributed by atoms with Crippen LogP contribution in [0.3, 0.4) is 0 Å². The fraction of sp³-hybridized carbons (Fsp3) is 0.294. The van der Waals surface area contributed by atoms with Crippen molar-refractivity contribution in [3.05, 3.63) is 51.2 Å². The van der Waals surface area contributed by atoms with Gasteiger partial charge in [0.25, 0.3) is 0 Å². The van der Waals surface area contributed by atoms with Crippen molar-refractivity contribution in [2.75, 3.05) is 7.11 Å². The molecule has 0 radical (unpaired) electrons. The van der Waals surface area contributed by atoms with Crippen molar-refractivity contribution in [3.63, 3.8) is 0 Å². The van der Waals surface area contributed by atoms with Gasteiger partial charge in [-0.05, 0) is 37.0 Å². The van der Waals surface area contributed by atoms with E-state index in [0.717, 1.165) is 12.8 Å². The molecule has 106 valence electrons. The Morgan fingerprint density at radius 3 is 2.90 bits per heavy atom. The average Bonchev–Trinajstić information content (AvgIpc) is 3.09. The highest BCUT2D eigenvalue weighted by molar-refractivity contribution is 7.14. The fourth-order valence-electron chi connectivity index (χ4n) is 2.77. The van der Waals surface area contributed by atoms with E-state index >= 15 is 0 Å². The summed E-state index contributed by atoms with van der Waals surface area (Å²) in [5.41, 5.74) is 1.92. The van der Waals surface area contributed by atoms with Gasteiger partial charge in [0.2, 0.25) is 0 Å². The highest BCUT2D eigenvalue weighted by atomic mass is 32.1. The molecule has 2 aromatic rings. The molecule has 1 unspecified atom stereocenters. The monoisotopic (exact) mass is 297 g/mol. The average molecular weight is 297 g/mol. The number of thiophene rings is 1. The van der Waals surface area contributed by atoms with Crippen LogP contribution in [0.15, 0.2) is 30.3 Å². The topological polar surface area (TPSA) is 50.1 Å². The van der Waals surface area contributed by atoms with Gasteiger partial charge in [-0.1, -0.05) is 18.2 Å². The van der Waals surface area contributed by atoms with E-state index in [1.165, 1.54) is 16.9 Å². The molecule has 0 N–H and O–H groups in total. The number of para-hydroxylation sites is 1. The van der Waals surface area contributed by atoms with E-state index in [1.807, 2.05) is 18.2 Å². The minimum atomic E-state index is -0.806. The Hall–Kier alpha value is -2.12. The van der Waals surface area contributed by atoms with E-state index in [0.29, 0.717) is 16.2 Å². The van der Waals surface area contributed by atoms with Gasteiger partial charge >= 0.3 is 0 Å². The zero-order valence-electron chi connectivity index (χ0n) is 11.8. The number of methoxy groups -OCH3 is 1. The standard InChI is InChI=1S/C17H15NO2S/c1-20-14-7-3-2-6-12(14)13(10-18)17(19)16-9-11-5-4-8-15(11)21-16/h2-3,6-7,9,13H,4-5,8H2,1H3. The third-order valence-corrected chi connectivity index (χ3v) is 5.08. The van der Waals surface area contributed by atoms with Crippen molar-refractivity contribution < 1.29 is 9.53 Å². The summed E-state index contributed by atoms with van der Waals surface area (Å²) in [5, 5.41) is 9.46. The summed E-state index contributed by atoms with van der Waals surface area (Å²) >= 11 is 1.54. The van der Waals surface area contributed by atoms with Gasteiger partial charge in [0.05, 0.1) is 18.1 Å². The van der Waals surface area contributed by atoms with Crippen LogP contribution in [0.1, 0.15) is 38.0 Å². The minimum Gasteiger partial charge on any atom is -0.496 e. The molecule has 0 aliphatic heterocycles. The third-order valence-electron chi connectivity index (χ3n) is 3.83. The van der Waals surface area contributed by atoms with Gasteiger partial charge in [0.1, 0.15) is 11.7 Å². The van der Waals surface area contributed by atoms with Gasteiger partial charge in [-0.15, -0.1) is 11.3 Å². The number of hydrogen-bond donors (Lipinski definition) is 0. The number of carbonyl (C=O) groups excluding carboxylic acids is 1. The lowest BCUT2D eigenvalue weighted by atomic mass is 9.94. The molecular weight excluding hydrogens is 282 g/mol. The summed E-state index contributed by atoms with van der Waals surface area (Å²) in [6, 6.07) is 11.3. The van der Waals surface area contributed by atoms with Crippen LogP contribution < -0.4 is 4.74 Å². The summed E-state index contributed by atoms with van der Waals surface area (Å²) in [5.74, 6) is -0.345. The van der Waals surface area contributed by atoms with E-state index < -0.39 is 5.92 Å². The van der Waals surface area contributed by atoms with Gasteiger partial charge in [-0.3, -0.25) is 4.79 Å². The maximum atomic E-state index is 12.7. The number of nitriles is 1. The Balaban J connectivity index is 1.96. The fourth-order valence-corrected chi connectivity index (χ4v) is 3.99. The molecule has 3 nitrogen and oxygen atoms in total. The van der Waals surface area contributed by atoms with Crippen LogP contribution in [0.2, 0.25) is 0 Å². The van der Waals surface area contributed by atoms with Gasteiger partial charge in [0, 0.05) is 10.4 Å². The predicted octanol–water partition coefficient (Wildman–Crippen LogP) is 3.74. The molecule has 0 saturated heterocycles. The van der Waals surface area contributed by atoms with E-state index in [-0.39, 0.29) is 5.78 Å². The zero-order chi connectivity index (χ0) is 14.8. The lowest BCUT2D eigenvalue weighted by Crippen LogP contribution is -2.11. The van der Waals surface area contributed by atoms with E-state index in [9.17, 15) is 10.1 Å².